The minimum Gasteiger partial charge on any atom is -0.350 e. The average molecular weight is 308 g/mol. The Morgan fingerprint density at radius 3 is 2.90 bits per heavy atom. The Balaban J connectivity index is 1.66. The second-order valence-corrected chi connectivity index (χ2v) is 6.42. The fourth-order valence-corrected chi connectivity index (χ4v) is 2.95. The summed E-state index contributed by atoms with van der Waals surface area (Å²) in [4.78, 5) is 20.5. The van der Waals surface area contributed by atoms with E-state index in [1.165, 1.54) is 0 Å². The van der Waals surface area contributed by atoms with Gasteiger partial charge in [0, 0.05) is 43.7 Å². The lowest BCUT2D eigenvalue weighted by molar-refractivity contribution is -0.117. The number of likely N-dealkylation sites (tertiary alicyclic amines) is 1. The number of carbonyl (C=O) groups excluding carboxylic acids is 1. The number of hydrogen-bond donors (Lipinski definition) is 1. The number of piperidine rings is 1. The van der Waals surface area contributed by atoms with Crippen LogP contribution in [0.15, 0.2) is 23.0 Å². The first-order valence-electron chi connectivity index (χ1n) is 7.34. The molecule has 0 aromatic carbocycles. The zero-order chi connectivity index (χ0) is 15.1. The molecule has 1 aromatic heterocycles. The van der Waals surface area contributed by atoms with Gasteiger partial charge >= 0.3 is 0 Å². The molecule has 0 aliphatic carbocycles. The molecule has 1 N–H and O–H groups in total. The van der Waals surface area contributed by atoms with Crippen LogP contribution < -0.4 is 5.32 Å². The van der Waals surface area contributed by atoms with E-state index in [2.05, 4.69) is 20.6 Å². The second kappa shape index (κ2) is 8.26. The number of nitrogens with one attached hydrogen (secondary N) is 1. The minimum atomic E-state index is 0.0230. The SMILES string of the molecule is CN(C)C/C=C/C(=O)NC1CCN(Cc2cscn2)CC1. The van der Waals surface area contributed by atoms with Gasteiger partial charge in [0.15, 0.2) is 0 Å². The summed E-state index contributed by atoms with van der Waals surface area (Å²) in [6.07, 6.45) is 5.56. The third-order valence-corrected chi connectivity index (χ3v) is 4.18. The van der Waals surface area contributed by atoms with Gasteiger partial charge in [-0.3, -0.25) is 9.69 Å². The lowest BCUT2D eigenvalue weighted by Gasteiger charge is -2.31. The summed E-state index contributed by atoms with van der Waals surface area (Å²) in [5, 5.41) is 5.19. The van der Waals surface area contributed by atoms with Crippen LogP contribution in [0.1, 0.15) is 18.5 Å². The van der Waals surface area contributed by atoms with E-state index in [0.717, 1.165) is 44.7 Å². The Morgan fingerprint density at radius 2 is 2.29 bits per heavy atom. The molecule has 1 amide bonds. The van der Waals surface area contributed by atoms with Crippen molar-refractivity contribution in [3.63, 3.8) is 0 Å². The Kier molecular flexibility index (Phi) is 6.35. The van der Waals surface area contributed by atoms with E-state index in [0.29, 0.717) is 6.04 Å². The lowest BCUT2D eigenvalue weighted by Crippen LogP contribution is -2.44. The van der Waals surface area contributed by atoms with Crippen molar-refractivity contribution < 1.29 is 4.79 Å². The van der Waals surface area contributed by atoms with Crippen LogP contribution in [0.4, 0.5) is 0 Å². The molecule has 0 spiro atoms. The molecule has 2 heterocycles. The van der Waals surface area contributed by atoms with Crippen molar-refractivity contribution in [2.24, 2.45) is 0 Å². The van der Waals surface area contributed by atoms with Crippen LogP contribution >= 0.6 is 11.3 Å². The monoisotopic (exact) mass is 308 g/mol. The van der Waals surface area contributed by atoms with E-state index in [9.17, 15) is 4.79 Å². The van der Waals surface area contributed by atoms with E-state index in [1.54, 1.807) is 17.4 Å². The van der Waals surface area contributed by atoms with E-state index >= 15 is 0 Å². The van der Waals surface area contributed by atoms with E-state index < -0.39 is 0 Å². The summed E-state index contributed by atoms with van der Waals surface area (Å²) in [5.41, 5.74) is 3.02. The first-order valence-corrected chi connectivity index (χ1v) is 8.29. The van der Waals surface area contributed by atoms with Gasteiger partial charge in [-0.15, -0.1) is 11.3 Å². The molecule has 0 saturated carbocycles. The number of nitrogens with zero attached hydrogens (tertiary/aromatic N) is 3. The van der Waals surface area contributed by atoms with Crippen LogP contribution in [-0.4, -0.2) is 60.5 Å². The molecule has 21 heavy (non-hydrogen) atoms. The van der Waals surface area contributed by atoms with Crippen molar-refractivity contribution in [2.75, 3.05) is 33.7 Å². The highest BCUT2D eigenvalue weighted by atomic mass is 32.1. The Labute approximate surface area is 130 Å². The van der Waals surface area contributed by atoms with Gasteiger partial charge in [-0.1, -0.05) is 6.08 Å². The van der Waals surface area contributed by atoms with Crippen LogP contribution in [0.3, 0.4) is 0 Å². The summed E-state index contributed by atoms with van der Waals surface area (Å²) in [5.74, 6) is 0.0230. The number of hydrogen-bond acceptors (Lipinski definition) is 5. The highest BCUT2D eigenvalue weighted by molar-refractivity contribution is 7.07. The van der Waals surface area contributed by atoms with Crippen LogP contribution in [0, 0.1) is 0 Å². The Bertz CT molecular complexity index is 450. The molecule has 1 aliphatic rings. The van der Waals surface area contributed by atoms with Gasteiger partial charge in [-0.2, -0.15) is 0 Å². The largest absolute Gasteiger partial charge is 0.350 e. The highest BCUT2D eigenvalue weighted by Gasteiger charge is 2.20. The molecule has 5 nitrogen and oxygen atoms in total. The predicted octanol–water partition coefficient (Wildman–Crippen LogP) is 1.34. The summed E-state index contributed by atoms with van der Waals surface area (Å²) in [6, 6.07) is 0.299. The maximum absolute atomic E-state index is 11.8. The molecule has 0 unspecified atom stereocenters. The summed E-state index contributed by atoms with van der Waals surface area (Å²) in [7, 11) is 3.97. The topological polar surface area (TPSA) is 48.5 Å². The fraction of sp³-hybridized carbons (Fsp3) is 0.600. The molecule has 1 fully saturated rings. The normalized spacial score (nSPS) is 17.7. The van der Waals surface area contributed by atoms with Crippen molar-refractivity contribution in [3.8, 4) is 0 Å². The van der Waals surface area contributed by atoms with E-state index in [-0.39, 0.29) is 5.91 Å². The van der Waals surface area contributed by atoms with Crippen molar-refractivity contribution in [1.82, 2.24) is 20.1 Å². The van der Waals surface area contributed by atoms with Gasteiger partial charge in [0.2, 0.25) is 5.91 Å². The van der Waals surface area contributed by atoms with Crippen LogP contribution in [-0.2, 0) is 11.3 Å². The maximum atomic E-state index is 11.8. The van der Waals surface area contributed by atoms with Crippen LogP contribution in [0.25, 0.3) is 0 Å². The van der Waals surface area contributed by atoms with Crippen molar-refractivity contribution >= 4 is 17.2 Å². The molecule has 2 rings (SSSR count). The summed E-state index contributed by atoms with van der Waals surface area (Å²) < 4.78 is 0. The molecular formula is C15H24N4OS. The maximum Gasteiger partial charge on any atom is 0.243 e. The first kappa shape index (κ1) is 16.1. The van der Waals surface area contributed by atoms with Gasteiger partial charge in [0.25, 0.3) is 0 Å². The second-order valence-electron chi connectivity index (χ2n) is 5.70. The van der Waals surface area contributed by atoms with Gasteiger partial charge in [0.1, 0.15) is 0 Å². The molecular weight excluding hydrogens is 284 g/mol. The molecule has 116 valence electrons. The van der Waals surface area contributed by atoms with Crippen LogP contribution in [0.2, 0.25) is 0 Å². The quantitative estimate of drug-likeness (QED) is 0.806. The smallest absolute Gasteiger partial charge is 0.243 e. The number of carbonyl (C=O) groups is 1. The molecule has 0 atom stereocenters. The predicted molar refractivity (Wildman–Crippen MR) is 86.2 cm³/mol. The van der Waals surface area contributed by atoms with Crippen molar-refractivity contribution in [3.05, 3.63) is 28.7 Å². The number of aromatic nitrogens is 1. The zero-order valence-corrected chi connectivity index (χ0v) is 13.6. The van der Waals surface area contributed by atoms with Gasteiger partial charge in [-0.25, -0.2) is 4.98 Å². The number of likely N-dealkylation sites (N-methyl/N-ethyl adjacent to an activating group) is 1. The molecule has 0 bridgehead atoms. The molecule has 6 heteroatoms. The summed E-state index contributed by atoms with van der Waals surface area (Å²) >= 11 is 1.64. The summed E-state index contributed by atoms with van der Waals surface area (Å²) in [6.45, 7) is 3.75. The molecule has 0 radical (unpaired) electrons. The average Bonchev–Trinajstić information content (AvgIpc) is 2.93. The third kappa shape index (κ3) is 5.95. The number of rotatable bonds is 6. The standard InChI is InChI=1S/C15H24N4OS/c1-18(2)7-3-4-15(20)17-13-5-8-19(9-6-13)10-14-11-21-12-16-14/h3-4,11-13H,5-10H2,1-2H3,(H,17,20)/b4-3+. The lowest BCUT2D eigenvalue weighted by atomic mass is 10.0. The van der Waals surface area contributed by atoms with Gasteiger partial charge in [0.05, 0.1) is 11.2 Å². The molecule has 1 saturated heterocycles. The van der Waals surface area contributed by atoms with Crippen LogP contribution in [0.5, 0.6) is 0 Å². The van der Waals surface area contributed by atoms with E-state index in [1.807, 2.05) is 30.6 Å². The van der Waals surface area contributed by atoms with Crippen molar-refractivity contribution in [2.45, 2.75) is 25.4 Å². The zero-order valence-electron chi connectivity index (χ0n) is 12.8. The van der Waals surface area contributed by atoms with Gasteiger partial charge in [-0.05, 0) is 26.9 Å². The van der Waals surface area contributed by atoms with Crippen molar-refractivity contribution in [1.29, 1.82) is 0 Å². The Hall–Kier alpha value is -1.24. The van der Waals surface area contributed by atoms with Gasteiger partial charge < -0.3 is 10.2 Å². The third-order valence-electron chi connectivity index (χ3n) is 3.54. The number of amides is 1. The molecule has 1 aliphatic heterocycles. The highest BCUT2D eigenvalue weighted by Crippen LogP contribution is 2.13. The Morgan fingerprint density at radius 1 is 1.52 bits per heavy atom. The van der Waals surface area contributed by atoms with E-state index in [4.69, 9.17) is 0 Å². The number of thiazole rings is 1. The fourth-order valence-electron chi connectivity index (χ4n) is 2.40. The minimum absolute atomic E-state index is 0.0230. The first-order chi connectivity index (χ1) is 10.1. The molecule has 1 aromatic rings.